The van der Waals surface area contributed by atoms with Crippen LogP contribution in [0.2, 0.25) is 0 Å². The smallest absolute Gasteiger partial charge is 0.212 e. The zero-order chi connectivity index (χ0) is 19.1. The molecule has 5 heteroatoms. The van der Waals surface area contributed by atoms with Crippen LogP contribution in [-0.4, -0.2) is 43.3 Å². The van der Waals surface area contributed by atoms with Gasteiger partial charge in [0.1, 0.15) is 5.82 Å². The van der Waals surface area contributed by atoms with Crippen LogP contribution < -0.4 is 4.74 Å². The summed E-state index contributed by atoms with van der Waals surface area (Å²) in [6.07, 6.45) is 5.01. The Kier molecular flexibility index (Phi) is 6.80. The molecule has 0 bridgehead atoms. The van der Waals surface area contributed by atoms with Gasteiger partial charge in [0.25, 0.3) is 0 Å². The summed E-state index contributed by atoms with van der Waals surface area (Å²) in [5.41, 5.74) is 2.54. The second kappa shape index (κ2) is 9.29. The van der Waals surface area contributed by atoms with Gasteiger partial charge < -0.3 is 9.47 Å². The molecule has 1 atom stereocenters. The van der Waals surface area contributed by atoms with Crippen LogP contribution in [0.1, 0.15) is 30.9 Å². The first-order valence-corrected chi connectivity index (χ1v) is 9.66. The Hall–Kier alpha value is -1.98. The maximum Gasteiger partial charge on any atom is 0.212 e. The fourth-order valence-electron chi connectivity index (χ4n) is 3.82. The number of nitrogens with zero attached hydrogens (tertiary/aromatic N) is 2. The van der Waals surface area contributed by atoms with Crippen LogP contribution in [0.25, 0.3) is 0 Å². The molecule has 0 unspecified atom stereocenters. The van der Waals surface area contributed by atoms with E-state index >= 15 is 0 Å². The summed E-state index contributed by atoms with van der Waals surface area (Å²) in [6.45, 7) is 6.52. The molecule has 2 aromatic rings. The summed E-state index contributed by atoms with van der Waals surface area (Å²) in [7, 11) is 1.63. The zero-order valence-corrected chi connectivity index (χ0v) is 16.3. The van der Waals surface area contributed by atoms with Crippen LogP contribution in [-0.2, 0) is 17.7 Å². The van der Waals surface area contributed by atoms with Gasteiger partial charge in [0.2, 0.25) is 5.88 Å². The van der Waals surface area contributed by atoms with Crippen LogP contribution >= 0.6 is 0 Å². The van der Waals surface area contributed by atoms with Gasteiger partial charge in [-0.25, -0.2) is 9.37 Å². The lowest BCUT2D eigenvalue weighted by Crippen LogP contribution is -2.32. The highest BCUT2D eigenvalue weighted by Crippen LogP contribution is 2.36. The maximum absolute atomic E-state index is 13.1. The first-order chi connectivity index (χ1) is 13.1. The molecule has 0 N–H and O–H groups in total. The van der Waals surface area contributed by atoms with Gasteiger partial charge in [-0.3, -0.25) is 4.90 Å². The number of pyridine rings is 1. The van der Waals surface area contributed by atoms with E-state index in [0.717, 1.165) is 52.1 Å². The Labute approximate surface area is 161 Å². The molecule has 1 fully saturated rings. The molecule has 2 heterocycles. The number of likely N-dealkylation sites (tertiary alicyclic amines) is 1. The van der Waals surface area contributed by atoms with Crippen LogP contribution in [0.5, 0.6) is 5.88 Å². The third-order valence-corrected chi connectivity index (χ3v) is 5.40. The Morgan fingerprint density at radius 3 is 2.59 bits per heavy atom. The van der Waals surface area contributed by atoms with Crippen molar-refractivity contribution in [3.63, 3.8) is 0 Å². The molecule has 3 rings (SSSR count). The number of rotatable bonds is 9. The van der Waals surface area contributed by atoms with E-state index in [1.807, 2.05) is 31.3 Å². The van der Waals surface area contributed by atoms with Gasteiger partial charge in [-0.1, -0.05) is 18.2 Å². The van der Waals surface area contributed by atoms with Gasteiger partial charge in [-0.05, 0) is 56.0 Å². The fraction of sp³-hybridized carbons (Fsp3) is 0.500. The quantitative estimate of drug-likeness (QED) is 0.664. The van der Waals surface area contributed by atoms with E-state index in [1.165, 1.54) is 11.1 Å². The highest BCUT2D eigenvalue weighted by Gasteiger charge is 2.37. The average Bonchev–Trinajstić information content (AvgIpc) is 3.10. The molecule has 1 saturated heterocycles. The van der Waals surface area contributed by atoms with E-state index in [4.69, 9.17) is 9.47 Å². The maximum atomic E-state index is 13.1. The molecule has 27 heavy (non-hydrogen) atoms. The third-order valence-electron chi connectivity index (χ3n) is 5.40. The number of hydrogen-bond donors (Lipinski definition) is 0. The standard InChI is InChI=1S/C22H29FN2O2/c1-3-27-17-22(11-10-18-4-7-20(23)8-5-18)12-13-25(16-22)15-19-6-9-21(26-2)24-14-19/h4-9,14H,3,10-13,15-17H2,1-2H3/t22-/m0/s1. The van der Waals surface area contributed by atoms with Gasteiger partial charge in [-0.2, -0.15) is 0 Å². The minimum Gasteiger partial charge on any atom is -0.481 e. The molecule has 4 nitrogen and oxygen atoms in total. The number of hydrogen-bond acceptors (Lipinski definition) is 4. The summed E-state index contributed by atoms with van der Waals surface area (Å²) < 4.78 is 24.1. The number of benzene rings is 1. The molecular weight excluding hydrogens is 343 g/mol. The van der Waals surface area contributed by atoms with Crippen molar-refractivity contribution in [1.29, 1.82) is 0 Å². The first kappa shape index (κ1) is 19.8. The molecule has 0 amide bonds. The van der Waals surface area contributed by atoms with Crippen LogP contribution in [0, 0.1) is 11.2 Å². The summed E-state index contributed by atoms with van der Waals surface area (Å²) >= 11 is 0. The number of aryl methyl sites for hydroxylation is 1. The Balaban J connectivity index is 1.61. The molecule has 1 aliphatic rings. The Morgan fingerprint density at radius 1 is 1.15 bits per heavy atom. The van der Waals surface area contributed by atoms with Crippen molar-refractivity contribution in [3.05, 3.63) is 59.5 Å². The SMILES string of the molecule is CCOC[C@@]1(CCc2ccc(F)cc2)CCN(Cc2ccc(OC)nc2)C1. The molecular formula is C22H29FN2O2. The third kappa shape index (κ3) is 5.50. The molecule has 1 aromatic carbocycles. The van der Waals surface area contributed by atoms with Crippen molar-refractivity contribution >= 4 is 0 Å². The van der Waals surface area contributed by atoms with Gasteiger partial charge >= 0.3 is 0 Å². The predicted molar refractivity (Wildman–Crippen MR) is 104 cm³/mol. The molecule has 0 aliphatic carbocycles. The summed E-state index contributed by atoms with van der Waals surface area (Å²) in [5, 5.41) is 0. The number of aromatic nitrogens is 1. The first-order valence-electron chi connectivity index (χ1n) is 9.66. The highest BCUT2D eigenvalue weighted by atomic mass is 19.1. The Bertz CT molecular complexity index is 705. The highest BCUT2D eigenvalue weighted by molar-refractivity contribution is 5.18. The van der Waals surface area contributed by atoms with Crippen molar-refractivity contribution in [3.8, 4) is 5.88 Å². The number of ether oxygens (including phenoxy) is 2. The topological polar surface area (TPSA) is 34.6 Å². The minimum atomic E-state index is -0.178. The van der Waals surface area contributed by atoms with E-state index < -0.39 is 0 Å². The molecule has 146 valence electrons. The van der Waals surface area contributed by atoms with Crippen LogP contribution in [0.4, 0.5) is 4.39 Å². The van der Waals surface area contributed by atoms with E-state index in [1.54, 1.807) is 19.2 Å². The zero-order valence-electron chi connectivity index (χ0n) is 16.3. The van der Waals surface area contributed by atoms with Gasteiger partial charge in [0, 0.05) is 37.4 Å². The summed E-state index contributed by atoms with van der Waals surface area (Å²) in [4.78, 5) is 6.78. The average molecular weight is 372 g/mol. The summed E-state index contributed by atoms with van der Waals surface area (Å²) in [5.74, 6) is 0.466. The number of halogens is 1. The van der Waals surface area contributed by atoms with Crippen molar-refractivity contribution in [2.75, 3.05) is 33.4 Å². The van der Waals surface area contributed by atoms with E-state index in [-0.39, 0.29) is 11.2 Å². The fourth-order valence-corrected chi connectivity index (χ4v) is 3.82. The lowest BCUT2D eigenvalue weighted by molar-refractivity contribution is 0.0489. The van der Waals surface area contributed by atoms with Crippen molar-refractivity contribution in [2.45, 2.75) is 32.7 Å². The molecule has 0 saturated carbocycles. The van der Waals surface area contributed by atoms with Crippen molar-refractivity contribution < 1.29 is 13.9 Å². The number of methoxy groups -OCH3 is 1. The Morgan fingerprint density at radius 2 is 1.93 bits per heavy atom. The van der Waals surface area contributed by atoms with Gasteiger partial charge in [-0.15, -0.1) is 0 Å². The lowest BCUT2D eigenvalue weighted by atomic mass is 9.82. The van der Waals surface area contributed by atoms with E-state index in [0.29, 0.717) is 5.88 Å². The monoisotopic (exact) mass is 372 g/mol. The minimum absolute atomic E-state index is 0.157. The largest absolute Gasteiger partial charge is 0.481 e. The summed E-state index contributed by atoms with van der Waals surface area (Å²) in [6, 6.07) is 10.9. The molecule has 0 radical (unpaired) electrons. The lowest BCUT2D eigenvalue weighted by Gasteiger charge is -2.29. The van der Waals surface area contributed by atoms with Crippen LogP contribution in [0.3, 0.4) is 0 Å². The van der Waals surface area contributed by atoms with E-state index in [9.17, 15) is 4.39 Å². The molecule has 1 aliphatic heterocycles. The van der Waals surface area contributed by atoms with E-state index in [2.05, 4.69) is 16.0 Å². The second-order valence-corrected chi connectivity index (χ2v) is 7.43. The predicted octanol–water partition coefficient (Wildman–Crippen LogP) is 4.09. The van der Waals surface area contributed by atoms with Crippen LogP contribution in [0.15, 0.2) is 42.6 Å². The molecule has 1 aromatic heterocycles. The second-order valence-electron chi connectivity index (χ2n) is 7.43. The van der Waals surface area contributed by atoms with Crippen molar-refractivity contribution in [2.24, 2.45) is 5.41 Å². The normalized spacial score (nSPS) is 20.1. The van der Waals surface area contributed by atoms with Gasteiger partial charge in [0.05, 0.1) is 13.7 Å². The van der Waals surface area contributed by atoms with Crippen molar-refractivity contribution in [1.82, 2.24) is 9.88 Å². The molecule has 0 spiro atoms. The van der Waals surface area contributed by atoms with Gasteiger partial charge in [0.15, 0.2) is 0 Å².